The predicted octanol–water partition coefficient (Wildman–Crippen LogP) is 2.40. The van der Waals surface area contributed by atoms with E-state index in [1.165, 1.54) is 12.1 Å². The van der Waals surface area contributed by atoms with Crippen LogP contribution in [0.4, 0.5) is 4.39 Å². The quantitative estimate of drug-likeness (QED) is 0.799. The highest BCUT2D eigenvalue weighted by Crippen LogP contribution is 2.30. The SMILES string of the molecule is C#C.CC(CO)C1CCc2cc(F)ccc2O1. The molecule has 2 unspecified atom stereocenters. The molecule has 92 valence electrons. The summed E-state index contributed by atoms with van der Waals surface area (Å²) in [6.45, 7) is 2.08. The van der Waals surface area contributed by atoms with Crippen LogP contribution in [0.25, 0.3) is 0 Å². The second-order valence-electron chi connectivity index (χ2n) is 4.11. The van der Waals surface area contributed by atoms with Crippen molar-refractivity contribution >= 4 is 0 Å². The van der Waals surface area contributed by atoms with Crippen molar-refractivity contribution in [1.82, 2.24) is 0 Å². The van der Waals surface area contributed by atoms with E-state index in [0.29, 0.717) is 0 Å². The Hall–Kier alpha value is -1.53. The Labute approximate surface area is 101 Å². The Balaban J connectivity index is 0.000000686. The molecule has 0 aliphatic carbocycles. The summed E-state index contributed by atoms with van der Waals surface area (Å²) < 4.78 is 18.6. The highest BCUT2D eigenvalue weighted by atomic mass is 19.1. The molecule has 2 rings (SSSR count). The number of aliphatic hydroxyl groups is 1. The fraction of sp³-hybridized carbons (Fsp3) is 0.429. The summed E-state index contributed by atoms with van der Waals surface area (Å²) in [4.78, 5) is 0. The molecule has 1 aromatic rings. The topological polar surface area (TPSA) is 29.5 Å². The average molecular weight is 236 g/mol. The van der Waals surface area contributed by atoms with Crippen LogP contribution in [0.3, 0.4) is 0 Å². The molecule has 1 aliphatic heterocycles. The van der Waals surface area contributed by atoms with Gasteiger partial charge in [-0.1, -0.05) is 6.92 Å². The molecule has 3 heteroatoms. The summed E-state index contributed by atoms with van der Waals surface area (Å²) in [6, 6.07) is 4.60. The van der Waals surface area contributed by atoms with Crippen molar-refractivity contribution in [2.45, 2.75) is 25.9 Å². The van der Waals surface area contributed by atoms with Gasteiger partial charge in [-0.3, -0.25) is 0 Å². The molecule has 1 heterocycles. The standard InChI is InChI=1S/C12H15FO2.C2H2/c1-8(7-14)11-4-2-9-6-10(13)3-5-12(9)15-11;1-2/h3,5-6,8,11,14H,2,4,7H2,1H3;1-2H. The van der Waals surface area contributed by atoms with Crippen LogP contribution in [0.15, 0.2) is 18.2 Å². The highest BCUT2D eigenvalue weighted by molar-refractivity contribution is 5.35. The van der Waals surface area contributed by atoms with E-state index < -0.39 is 0 Å². The van der Waals surface area contributed by atoms with E-state index in [0.717, 1.165) is 24.2 Å². The molecule has 2 atom stereocenters. The van der Waals surface area contributed by atoms with Crippen LogP contribution in [0, 0.1) is 24.6 Å². The number of aryl methyl sites for hydroxylation is 1. The Morgan fingerprint density at radius 3 is 2.88 bits per heavy atom. The maximum atomic E-state index is 12.9. The third-order valence-corrected chi connectivity index (χ3v) is 2.92. The van der Waals surface area contributed by atoms with Crippen molar-refractivity contribution in [3.05, 3.63) is 29.6 Å². The molecule has 0 spiro atoms. The maximum absolute atomic E-state index is 12.9. The molecule has 1 aliphatic rings. The molecule has 0 fully saturated rings. The molecule has 17 heavy (non-hydrogen) atoms. The third-order valence-electron chi connectivity index (χ3n) is 2.92. The molecule has 1 aromatic carbocycles. The largest absolute Gasteiger partial charge is 0.490 e. The van der Waals surface area contributed by atoms with Gasteiger partial charge < -0.3 is 9.84 Å². The van der Waals surface area contributed by atoms with Gasteiger partial charge in [0, 0.05) is 12.5 Å². The third kappa shape index (κ3) is 3.21. The number of hydrogen-bond donors (Lipinski definition) is 1. The molecular weight excluding hydrogens is 219 g/mol. The first-order chi connectivity index (χ1) is 8.20. The minimum absolute atomic E-state index is 0.0490. The molecule has 0 saturated heterocycles. The Morgan fingerprint density at radius 2 is 2.24 bits per heavy atom. The lowest BCUT2D eigenvalue weighted by atomic mass is 9.95. The fourth-order valence-corrected chi connectivity index (χ4v) is 1.90. The zero-order valence-corrected chi connectivity index (χ0v) is 9.90. The zero-order valence-electron chi connectivity index (χ0n) is 9.90. The number of terminal acetylenes is 1. The van der Waals surface area contributed by atoms with Crippen molar-refractivity contribution in [3.63, 3.8) is 0 Å². The van der Waals surface area contributed by atoms with Crippen molar-refractivity contribution in [1.29, 1.82) is 0 Å². The lowest BCUT2D eigenvalue weighted by Gasteiger charge is -2.29. The number of rotatable bonds is 2. The van der Waals surface area contributed by atoms with Gasteiger partial charge in [-0.2, -0.15) is 0 Å². The first-order valence-corrected chi connectivity index (χ1v) is 5.60. The van der Waals surface area contributed by atoms with Crippen LogP contribution in [0.1, 0.15) is 18.9 Å². The van der Waals surface area contributed by atoms with Crippen molar-refractivity contribution in [2.24, 2.45) is 5.92 Å². The first-order valence-electron chi connectivity index (χ1n) is 5.60. The van der Waals surface area contributed by atoms with E-state index in [1.54, 1.807) is 6.07 Å². The van der Waals surface area contributed by atoms with Crippen LogP contribution < -0.4 is 4.74 Å². The van der Waals surface area contributed by atoms with Crippen molar-refractivity contribution in [2.75, 3.05) is 6.61 Å². The maximum Gasteiger partial charge on any atom is 0.123 e. The van der Waals surface area contributed by atoms with Crippen LogP contribution in [-0.4, -0.2) is 17.8 Å². The number of aliphatic hydroxyl groups excluding tert-OH is 1. The molecular formula is C14H17FO2. The summed E-state index contributed by atoms with van der Waals surface area (Å²) in [5, 5.41) is 9.04. The predicted molar refractivity (Wildman–Crippen MR) is 65.3 cm³/mol. The zero-order chi connectivity index (χ0) is 12.8. The van der Waals surface area contributed by atoms with Crippen LogP contribution >= 0.6 is 0 Å². The minimum Gasteiger partial charge on any atom is -0.490 e. The van der Waals surface area contributed by atoms with Gasteiger partial charge in [-0.25, -0.2) is 4.39 Å². The van der Waals surface area contributed by atoms with Crippen molar-refractivity contribution < 1.29 is 14.2 Å². The van der Waals surface area contributed by atoms with Gasteiger partial charge >= 0.3 is 0 Å². The Morgan fingerprint density at radius 1 is 1.53 bits per heavy atom. The summed E-state index contributed by atoms with van der Waals surface area (Å²) in [5.41, 5.74) is 0.927. The van der Waals surface area contributed by atoms with Crippen molar-refractivity contribution in [3.8, 4) is 18.6 Å². The summed E-state index contributed by atoms with van der Waals surface area (Å²) >= 11 is 0. The Kier molecular flexibility index (Phi) is 4.99. The fourth-order valence-electron chi connectivity index (χ4n) is 1.90. The summed E-state index contributed by atoms with van der Waals surface area (Å²) in [7, 11) is 0. The molecule has 0 bridgehead atoms. The molecule has 1 N–H and O–H groups in total. The normalized spacial score (nSPS) is 19.2. The summed E-state index contributed by atoms with van der Waals surface area (Å²) in [6.07, 6.45) is 9.72. The lowest BCUT2D eigenvalue weighted by Crippen LogP contribution is -2.31. The molecule has 0 amide bonds. The Bertz CT molecular complexity index is 387. The molecule has 0 aromatic heterocycles. The van der Waals surface area contributed by atoms with Gasteiger partial charge in [-0.05, 0) is 36.6 Å². The van der Waals surface area contributed by atoms with E-state index in [2.05, 4.69) is 12.8 Å². The van der Waals surface area contributed by atoms with Gasteiger partial charge in [0.25, 0.3) is 0 Å². The monoisotopic (exact) mass is 236 g/mol. The van der Waals surface area contributed by atoms with Gasteiger partial charge in [0.1, 0.15) is 17.7 Å². The highest BCUT2D eigenvalue weighted by Gasteiger charge is 2.24. The number of benzene rings is 1. The van der Waals surface area contributed by atoms with Crippen LogP contribution in [0.2, 0.25) is 0 Å². The number of halogens is 1. The van der Waals surface area contributed by atoms with Crippen LogP contribution in [-0.2, 0) is 6.42 Å². The van der Waals surface area contributed by atoms with Gasteiger partial charge in [-0.15, -0.1) is 12.8 Å². The molecule has 0 saturated carbocycles. The second-order valence-corrected chi connectivity index (χ2v) is 4.11. The van der Waals surface area contributed by atoms with Crippen LogP contribution in [0.5, 0.6) is 5.75 Å². The second kappa shape index (κ2) is 6.27. The van der Waals surface area contributed by atoms with E-state index in [4.69, 9.17) is 9.84 Å². The molecule has 2 nitrogen and oxygen atoms in total. The van der Waals surface area contributed by atoms with E-state index in [-0.39, 0.29) is 24.4 Å². The minimum atomic E-state index is -0.217. The van der Waals surface area contributed by atoms with Gasteiger partial charge in [0.15, 0.2) is 0 Å². The van der Waals surface area contributed by atoms with E-state index >= 15 is 0 Å². The van der Waals surface area contributed by atoms with E-state index in [1.807, 2.05) is 6.92 Å². The molecule has 0 radical (unpaired) electrons. The number of ether oxygens (including phenoxy) is 1. The average Bonchev–Trinajstić information content (AvgIpc) is 2.39. The van der Waals surface area contributed by atoms with Gasteiger partial charge in [0.2, 0.25) is 0 Å². The first kappa shape index (κ1) is 13.5. The summed E-state index contributed by atoms with van der Waals surface area (Å²) in [5.74, 6) is 0.669. The lowest BCUT2D eigenvalue weighted by molar-refractivity contribution is 0.0800. The number of fused-ring (bicyclic) bond motifs is 1. The smallest absolute Gasteiger partial charge is 0.123 e. The number of hydrogen-bond acceptors (Lipinski definition) is 2. The van der Waals surface area contributed by atoms with E-state index in [9.17, 15) is 4.39 Å². The van der Waals surface area contributed by atoms with Gasteiger partial charge in [0.05, 0.1) is 0 Å².